The molecular weight excluding hydrogens is 381 g/mol. The smallest absolute Gasteiger partial charge is 0.144 e. The second-order valence-corrected chi connectivity index (χ2v) is 9.74. The second-order valence-electron chi connectivity index (χ2n) is 6.34. The van der Waals surface area contributed by atoms with Crippen LogP contribution in [0.4, 0.5) is 0 Å². The molecule has 0 saturated carbocycles. The van der Waals surface area contributed by atoms with Gasteiger partial charge in [0, 0.05) is 0 Å². The molecule has 28 heavy (non-hydrogen) atoms. The van der Waals surface area contributed by atoms with E-state index in [4.69, 9.17) is 0 Å². The molecular formula is C25H19ClNP. The second kappa shape index (κ2) is 8.85. The molecule has 0 heterocycles. The van der Waals surface area contributed by atoms with Gasteiger partial charge in [0.15, 0.2) is 0 Å². The first-order valence-corrected chi connectivity index (χ1v) is 10.7. The van der Waals surface area contributed by atoms with Gasteiger partial charge in [0.2, 0.25) is 0 Å². The van der Waals surface area contributed by atoms with E-state index in [9.17, 15) is 5.26 Å². The molecule has 4 rings (SSSR count). The van der Waals surface area contributed by atoms with E-state index in [0.717, 1.165) is 0 Å². The predicted molar refractivity (Wildman–Crippen MR) is 116 cm³/mol. The Hall–Kier alpha value is -2.91. The Balaban J connectivity index is 0.00000225. The van der Waals surface area contributed by atoms with Gasteiger partial charge in [-0.3, -0.25) is 0 Å². The third-order valence-corrected chi connectivity index (χ3v) is 9.11. The van der Waals surface area contributed by atoms with E-state index in [-0.39, 0.29) is 12.4 Å². The Labute approximate surface area is 173 Å². The maximum atomic E-state index is 9.24. The number of rotatable bonds is 4. The summed E-state index contributed by atoms with van der Waals surface area (Å²) in [6.07, 6.45) is 0. The molecule has 4 aromatic rings. The van der Waals surface area contributed by atoms with Crippen molar-refractivity contribution in [2.45, 2.75) is 0 Å². The average Bonchev–Trinajstić information content (AvgIpc) is 2.77. The van der Waals surface area contributed by atoms with Gasteiger partial charge in [-0.05, 0) is 60.7 Å². The zero-order valence-corrected chi connectivity index (χ0v) is 16.9. The van der Waals surface area contributed by atoms with E-state index in [1.54, 1.807) is 0 Å². The lowest BCUT2D eigenvalue weighted by Gasteiger charge is -2.27. The third-order valence-electron chi connectivity index (χ3n) is 4.81. The van der Waals surface area contributed by atoms with Crippen molar-refractivity contribution in [1.82, 2.24) is 0 Å². The van der Waals surface area contributed by atoms with Crippen LogP contribution in [0.1, 0.15) is 5.56 Å². The summed E-state index contributed by atoms with van der Waals surface area (Å²) in [5.74, 6) is 0. The number of benzene rings is 4. The standard InChI is InChI=1S/C25H19NP.ClH/c26-20-21-16-18-25(19-17-21)27(22-10-4-1-5-11-22,23-12-6-2-7-13-23)24-14-8-3-9-15-24;/h1-19H;1H/q+1;/p-1. The van der Waals surface area contributed by atoms with Gasteiger partial charge in [-0.2, -0.15) is 5.26 Å². The van der Waals surface area contributed by atoms with Crippen LogP contribution in [-0.4, -0.2) is 0 Å². The molecule has 0 radical (unpaired) electrons. The molecule has 0 bridgehead atoms. The Morgan fingerprint density at radius 3 is 1.11 bits per heavy atom. The highest BCUT2D eigenvalue weighted by molar-refractivity contribution is 8.01. The van der Waals surface area contributed by atoms with Crippen LogP contribution in [0.3, 0.4) is 0 Å². The molecule has 3 heteroatoms. The van der Waals surface area contributed by atoms with Crippen LogP contribution >= 0.6 is 7.26 Å². The molecule has 0 saturated heterocycles. The molecule has 0 aliphatic heterocycles. The fraction of sp³-hybridized carbons (Fsp3) is 0. The molecule has 1 nitrogen and oxygen atoms in total. The summed E-state index contributed by atoms with van der Waals surface area (Å²) in [5, 5.41) is 14.4. The Bertz CT molecular complexity index is 960. The minimum atomic E-state index is -2.05. The van der Waals surface area contributed by atoms with Crippen molar-refractivity contribution in [1.29, 1.82) is 5.26 Å². The number of hydrogen-bond donors (Lipinski definition) is 0. The summed E-state index contributed by atoms with van der Waals surface area (Å²) < 4.78 is 0. The number of hydrogen-bond acceptors (Lipinski definition) is 1. The maximum absolute atomic E-state index is 9.24. The van der Waals surface area contributed by atoms with E-state index >= 15 is 0 Å². The first-order valence-electron chi connectivity index (χ1n) is 8.92. The van der Waals surface area contributed by atoms with E-state index in [1.165, 1.54) is 21.2 Å². The zero-order chi connectivity index (χ0) is 18.5. The molecule has 4 aromatic carbocycles. The van der Waals surface area contributed by atoms with Crippen molar-refractivity contribution in [2.24, 2.45) is 0 Å². The molecule has 0 atom stereocenters. The van der Waals surface area contributed by atoms with Crippen molar-refractivity contribution < 1.29 is 12.4 Å². The summed E-state index contributed by atoms with van der Waals surface area (Å²) >= 11 is 0. The van der Waals surface area contributed by atoms with Crippen LogP contribution in [0.5, 0.6) is 0 Å². The molecule has 0 spiro atoms. The number of halogens is 1. The van der Waals surface area contributed by atoms with Gasteiger partial charge < -0.3 is 12.4 Å². The Morgan fingerprint density at radius 2 is 0.786 bits per heavy atom. The minimum absolute atomic E-state index is 0. The molecule has 0 fully saturated rings. The first kappa shape index (κ1) is 19.8. The highest BCUT2D eigenvalue weighted by atomic mass is 35.5. The molecule has 0 amide bonds. The summed E-state index contributed by atoms with van der Waals surface area (Å²) in [6.45, 7) is 0. The molecule has 0 aliphatic rings. The van der Waals surface area contributed by atoms with Crippen LogP contribution < -0.4 is 33.6 Å². The molecule has 0 unspecified atom stereocenters. The SMILES string of the molecule is N#Cc1ccc([P+](c2ccccc2)(c2ccccc2)c2ccccc2)cc1.[Cl-]. The van der Waals surface area contributed by atoms with Gasteiger partial charge in [0.1, 0.15) is 28.5 Å². The summed E-state index contributed by atoms with van der Waals surface area (Å²) in [6, 6.07) is 42.6. The summed E-state index contributed by atoms with van der Waals surface area (Å²) in [5.41, 5.74) is 0.686. The van der Waals surface area contributed by atoms with E-state index in [1.807, 2.05) is 12.1 Å². The predicted octanol–water partition coefficient (Wildman–Crippen LogP) is 1.18. The quantitative estimate of drug-likeness (QED) is 0.473. The van der Waals surface area contributed by atoms with E-state index in [2.05, 4.69) is 109 Å². The average molecular weight is 400 g/mol. The molecule has 0 N–H and O–H groups in total. The highest BCUT2D eigenvalue weighted by Gasteiger charge is 2.47. The van der Waals surface area contributed by atoms with E-state index in [0.29, 0.717) is 5.56 Å². The van der Waals surface area contributed by atoms with Crippen molar-refractivity contribution in [3.05, 3.63) is 121 Å². The fourth-order valence-corrected chi connectivity index (χ4v) is 7.85. The first-order chi connectivity index (χ1) is 13.4. The third kappa shape index (κ3) is 3.46. The van der Waals surface area contributed by atoms with Crippen LogP contribution in [0.15, 0.2) is 115 Å². The van der Waals surface area contributed by atoms with E-state index < -0.39 is 7.26 Å². The minimum Gasteiger partial charge on any atom is -1.00 e. The lowest BCUT2D eigenvalue weighted by atomic mass is 10.2. The lowest BCUT2D eigenvalue weighted by molar-refractivity contribution is -0.00000536. The topological polar surface area (TPSA) is 23.8 Å². The highest BCUT2D eigenvalue weighted by Crippen LogP contribution is 2.54. The molecule has 136 valence electrons. The van der Waals surface area contributed by atoms with Gasteiger partial charge in [-0.25, -0.2) is 0 Å². The summed E-state index contributed by atoms with van der Waals surface area (Å²) in [4.78, 5) is 0. The maximum Gasteiger partial charge on any atom is 0.144 e. The molecule has 0 aromatic heterocycles. The normalized spacial score (nSPS) is 10.5. The lowest BCUT2D eigenvalue weighted by Crippen LogP contribution is -3.00. The van der Waals surface area contributed by atoms with Crippen LogP contribution in [-0.2, 0) is 0 Å². The number of nitrogens with zero attached hydrogens (tertiary/aromatic N) is 1. The van der Waals surface area contributed by atoms with Gasteiger partial charge in [0.25, 0.3) is 0 Å². The van der Waals surface area contributed by atoms with Crippen molar-refractivity contribution in [3.8, 4) is 6.07 Å². The van der Waals surface area contributed by atoms with Gasteiger partial charge in [-0.1, -0.05) is 54.6 Å². The van der Waals surface area contributed by atoms with Crippen LogP contribution in [0.25, 0.3) is 0 Å². The van der Waals surface area contributed by atoms with Crippen molar-refractivity contribution >= 4 is 28.5 Å². The fourth-order valence-electron chi connectivity index (χ4n) is 3.61. The van der Waals surface area contributed by atoms with Gasteiger partial charge in [0.05, 0.1) is 11.6 Å². The largest absolute Gasteiger partial charge is 1.00 e. The van der Waals surface area contributed by atoms with Crippen LogP contribution in [0, 0.1) is 11.3 Å². The van der Waals surface area contributed by atoms with Gasteiger partial charge in [-0.15, -0.1) is 0 Å². The monoisotopic (exact) mass is 399 g/mol. The Kier molecular flexibility index (Phi) is 6.27. The van der Waals surface area contributed by atoms with Crippen molar-refractivity contribution in [2.75, 3.05) is 0 Å². The summed E-state index contributed by atoms with van der Waals surface area (Å²) in [7, 11) is -2.05. The van der Waals surface area contributed by atoms with Gasteiger partial charge >= 0.3 is 0 Å². The number of nitriles is 1. The Morgan fingerprint density at radius 1 is 0.464 bits per heavy atom. The van der Waals surface area contributed by atoms with Crippen LogP contribution in [0.2, 0.25) is 0 Å². The van der Waals surface area contributed by atoms with Crippen molar-refractivity contribution in [3.63, 3.8) is 0 Å². The zero-order valence-electron chi connectivity index (χ0n) is 15.2. The molecule has 0 aliphatic carbocycles.